The molecule has 1 unspecified atom stereocenters. The molecule has 1 N–H and O–H groups in total. The molecule has 0 aliphatic heterocycles. The van der Waals surface area contributed by atoms with Gasteiger partial charge in [0.1, 0.15) is 17.9 Å². The third kappa shape index (κ3) is 5.47. The van der Waals surface area contributed by atoms with Gasteiger partial charge in [-0.15, -0.1) is 0 Å². The number of hydrogen-bond acceptors (Lipinski definition) is 5. The molecule has 0 radical (unpaired) electrons. The van der Waals surface area contributed by atoms with Crippen LogP contribution in [0.2, 0.25) is 0 Å². The molecule has 33 heavy (non-hydrogen) atoms. The first-order valence-electron chi connectivity index (χ1n) is 11.4. The van der Waals surface area contributed by atoms with Gasteiger partial charge in [-0.05, 0) is 64.2 Å². The molecule has 0 spiro atoms. The van der Waals surface area contributed by atoms with Crippen LogP contribution >= 0.6 is 0 Å². The smallest absolute Gasteiger partial charge is 0.411 e. The normalized spacial score (nSPS) is 11.9. The lowest BCUT2D eigenvalue weighted by Crippen LogP contribution is -2.31. The van der Waals surface area contributed by atoms with Gasteiger partial charge in [0, 0.05) is 30.2 Å². The van der Waals surface area contributed by atoms with Crippen LogP contribution in [-0.4, -0.2) is 48.4 Å². The number of benzene rings is 2. The maximum Gasteiger partial charge on any atom is 0.411 e. The fourth-order valence-corrected chi connectivity index (χ4v) is 3.97. The third-order valence-corrected chi connectivity index (χ3v) is 5.60. The van der Waals surface area contributed by atoms with Gasteiger partial charge in [0.05, 0.1) is 23.4 Å². The van der Waals surface area contributed by atoms with Gasteiger partial charge in [0.2, 0.25) is 0 Å². The number of aryl methyl sites for hydroxylation is 1. The van der Waals surface area contributed by atoms with Gasteiger partial charge < -0.3 is 18.9 Å². The van der Waals surface area contributed by atoms with Crippen molar-refractivity contribution in [2.75, 3.05) is 32.1 Å². The molecule has 3 rings (SSSR count). The van der Waals surface area contributed by atoms with Gasteiger partial charge in [-0.25, -0.2) is 4.79 Å². The van der Waals surface area contributed by atoms with E-state index in [1.807, 2.05) is 63.4 Å². The second-order valence-corrected chi connectivity index (χ2v) is 7.96. The predicted molar refractivity (Wildman–Crippen MR) is 132 cm³/mol. The van der Waals surface area contributed by atoms with Crippen LogP contribution in [0.1, 0.15) is 33.3 Å². The molecule has 0 aliphatic carbocycles. The van der Waals surface area contributed by atoms with E-state index in [9.17, 15) is 10.1 Å². The van der Waals surface area contributed by atoms with Crippen molar-refractivity contribution in [1.82, 2.24) is 9.47 Å². The maximum absolute atomic E-state index is 12.2. The standard InChI is InChI=1S/C26H32N4O3/c1-6-29(5)17-18(4)33-26(31)28-20-11-9-19(10-12-20)25-23(16-27)22-14-13-21(32-8-3)15-24(22)30(25)7-2/h9-15,18H,6-8,17H2,1-5H3,(H,28,31). The van der Waals surface area contributed by atoms with Crippen LogP contribution in [0.25, 0.3) is 22.2 Å². The maximum atomic E-state index is 12.2. The Balaban J connectivity index is 1.85. The van der Waals surface area contributed by atoms with Crippen molar-refractivity contribution in [3.8, 4) is 23.1 Å². The van der Waals surface area contributed by atoms with Gasteiger partial charge >= 0.3 is 6.09 Å². The Morgan fingerprint density at radius 2 is 1.91 bits per heavy atom. The SMILES string of the molecule is CCOc1ccc2c(C#N)c(-c3ccc(NC(=O)OC(C)CN(C)CC)cc3)n(CC)c2c1. The molecule has 1 heterocycles. The van der Waals surface area contributed by atoms with Crippen LogP contribution in [-0.2, 0) is 11.3 Å². The predicted octanol–water partition coefficient (Wildman–Crippen LogP) is 5.49. The summed E-state index contributed by atoms with van der Waals surface area (Å²) in [5.74, 6) is 0.783. The number of aromatic nitrogens is 1. The Morgan fingerprint density at radius 3 is 2.52 bits per heavy atom. The first-order valence-corrected chi connectivity index (χ1v) is 11.4. The summed E-state index contributed by atoms with van der Waals surface area (Å²) in [6.45, 7) is 10.8. The molecular weight excluding hydrogens is 416 g/mol. The topological polar surface area (TPSA) is 79.5 Å². The number of amides is 1. The summed E-state index contributed by atoms with van der Waals surface area (Å²) in [4.78, 5) is 14.3. The monoisotopic (exact) mass is 448 g/mol. The van der Waals surface area contributed by atoms with Gasteiger partial charge in [-0.2, -0.15) is 5.26 Å². The molecule has 7 heteroatoms. The Hall–Kier alpha value is -3.50. The summed E-state index contributed by atoms with van der Waals surface area (Å²) in [5.41, 5.74) is 3.99. The number of ether oxygens (including phenoxy) is 2. The van der Waals surface area contributed by atoms with E-state index in [0.29, 0.717) is 30.9 Å². The first kappa shape index (κ1) is 24.1. The molecular formula is C26H32N4O3. The molecule has 7 nitrogen and oxygen atoms in total. The number of rotatable bonds is 9. The first-order chi connectivity index (χ1) is 15.9. The lowest BCUT2D eigenvalue weighted by atomic mass is 10.1. The van der Waals surface area contributed by atoms with Gasteiger partial charge in [-0.1, -0.05) is 19.1 Å². The minimum absolute atomic E-state index is 0.214. The van der Waals surface area contributed by atoms with E-state index < -0.39 is 6.09 Å². The molecule has 3 aromatic rings. The Morgan fingerprint density at radius 1 is 1.18 bits per heavy atom. The van der Waals surface area contributed by atoms with Crippen molar-refractivity contribution in [2.24, 2.45) is 0 Å². The van der Waals surface area contributed by atoms with Crippen molar-refractivity contribution in [3.63, 3.8) is 0 Å². The molecule has 174 valence electrons. The third-order valence-electron chi connectivity index (χ3n) is 5.60. The number of anilines is 1. The zero-order valence-electron chi connectivity index (χ0n) is 20.0. The fraction of sp³-hybridized carbons (Fsp3) is 0.385. The Labute approximate surface area is 195 Å². The summed E-state index contributed by atoms with van der Waals surface area (Å²) >= 11 is 0. The highest BCUT2D eigenvalue weighted by atomic mass is 16.6. The summed E-state index contributed by atoms with van der Waals surface area (Å²) < 4.78 is 13.2. The lowest BCUT2D eigenvalue weighted by molar-refractivity contribution is 0.0984. The minimum Gasteiger partial charge on any atom is -0.494 e. The second-order valence-electron chi connectivity index (χ2n) is 7.96. The molecule has 1 atom stereocenters. The van der Waals surface area contributed by atoms with E-state index in [0.717, 1.165) is 34.5 Å². The molecule has 0 saturated carbocycles. The van der Waals surface area contributed by atoms with Crippen LogP contribution in [0.3, 0.4) is 0 Å². The lowest BCUT2D eigenvalue weighted by Gasteiger charge is -2.20. The Kier molecular flexibility index (Phi) is 7.96. The molecule has 0 saturated heterocycles. The van der Waals surface area contributed by atoms with Crippen LogP contribution in [0, 0.1) is 11.3 Å². The van der Waals surface area contributed by atoms with Crippen molar-refractivity contribution < 1.29 is 14.3 Å². The number of carbonyl (C=O) groups excluding carboxylic acids is 1. The summed E-state index contributed by atoms with van der Waals surface area (Å²) in [6.07, 6.45) is -0.696. The van der Waals surface area contributed by atoms with E-state index in [-0.39, 0.29) is 6.10 Å². The number of fused-ring (bicyclic) bond motifs is 1. The van der Waals surface area contributed by atoms with Crippen molar-refractivity contribution in [2.45, 2.75) is 40.3 Å². The molecule has 1 aromatic heterocycles. The van der Waals surface area contributed by atoms with E-state index in [2.05, 4.69) is 34.7 Å². The fourth-order valence-electron chi connectivity index (χ4n) is 3.97. The van der Waals surface area contributed by atoms with E-state index in [4.69, 9.17) is 9.47 Å². The summed E-state index contributed by atoms with van der Waals surface area (Å²) in [7, 11) is 1.99. The molecule has 1 amide bonds. The zero-order valence-corrected chi connectivity index (χ0v) is 20.0. The number of hydrogen-bond donors (Lipinski definition) is 1. The second kappa shape index (κ2) is 10.9. The average molecular weight is 449 g/mol. The molecule has 0 bridgehead atoms. The van der Waals surface area contributed by atoms with E-state index in [1.54, 1.807) is 0 Å². The minimum atomic E-state index is -0.483. The molecule has 0 aliphatic rings. The Bertz CT molecular complexity index is 1150. The molecule has 0 fully saturated rings. The van der Waals surface area contributed by atoms with Crippen molar-refractivity contribution in [3.05, 3.63) is 48.0 Å². The van der Waals surface area contributed by atoms with Gasteiger partial charge in [-0.3, -0.25) is 5.32 Å². The van der Waals surface area contributed by atoms with Crippen LogP contribution < -0.4 is 10.1 Å². The summed E-state index contributed by atoms with van der Waals surface area (Å²) in [5, 5.41) is 13.6. The number of nitrogens with zero attached hydrogens (tertiary/aromatic N) is 3. The van der Waals surface area contributed by atoms with E-state index >= 15 is 0 Å². The average Bonchev–Trinajstić information content (AvgIpc) is 3.12. The van der Waals surface area contributed by atoms with Crippen LogP contribution in [0.5, 0.6) is 5.75 Å². The number of likely N-dealkylation sites (N-methyl/N-ethyl adjacent to an activating group) is 1. The van der Waals surface area contributed by atoms with Gasteiger partial charge in [0.15, 0.2) is 0 Å². The van der Waals surface area contributed by atoms with Crippen LogP contribution in [0.15, 0.2) is 42.5 Å². The number of carbonyl (C=O) groups is 1. The van der Waals surface area contributed by atoms with Gasteiger partial charge in [0.25, 0.3) is 0 Å². The van der Waals surface area contributed by atoms with Crippen molar-refractivity contribution in [1.29, 1.82) is 5.26 Å². The highest BCUT2D eigenvalue weighted by molar-refractivity contribution is 5.95. The zero-order chi connectivity index (χ0) is 24.0. The van der Waals surface area contributed by atoms with Crippen LogP contribution in [0.4, 0.5) is 10.5 Å². The largest absolute Gasteiger partial charge is 0.494 e. The number of nitriles is 1. The summed E-state index contributed by atoms with van der Waals surface area (Å²) in [6, 6.07) is 15.7. The quantitative estimate of drug-likeness (QED) is 0.468. The highest BCUT2D eigenvalue weighted by Crippen LogP contribution is 2.35. The van der Waals surface area contributed by atoms with Crippen molar-refractivity contribution >= 4 is 22.7 Å². The number of nitrogens with one attached hydrogen (secondary N) is 1. The highest BCUT2D eigenvalue weighted by Gasteiger charge is 2.19. The molecule has 2 aromatic carbocycles. The van der Waals surface area contributed by atoms with E-state index in [1.165, 1.54) is 0 Å².